The number of rotatable bonds is 15. The van der Waals surface area contributed by atoms with Crippen LogP contribution in [0.4, 0.5) is 0 Å². The maximum atomic E-state index is 10.9. The van der Waals surface area contributed by atoms with Gasteiger partial charge in [-0.25, -0.2) is 0 Å². The number of methoxy groups -OCH3 is 1. The van der Waals surface area contributed by atoms with Crippen LogP contribution in [0.5, 0.6) is 0 Å². The van der Waals surface area contributed by atoms with Crippen molar-refractivity contribution in [2.24, 2.45) is 11.8 Å². The zero-order chi connectivity index (χ0) is 22.4. The normalized spacial score (nSPS) is 13.6. The molecule has 0 spiro atoms. The number of esters is 1. The zero-order valence-corrected chi connectivity index (χ0v) is 19.2. The molecule has 0 aromatic heterocycles. The summed E-state index contributed by atoms with van der Waals surface area (Å²) in [5.74, 6) is 1.50. The molecule has 0 aliphatic rings. The monoisotopic (exact) mass is 400 g/mol. The van der Waals surface area contributed by atoms with E-state index in [4.69, 9.17) is 9.47 Å². The Morgan fingerprint density at radius 3 is 2.24 bits per heavy atom. The fourth-order valence-electron chi connectivity index (χ4n) is 2.61. The number of allylic oxidation sites excluding steroid dienone is 7. The SMILES string of the molecule is C=C(/C=C\C(=C)C(C)CCC(C)CC)C(=C)/C=C(/CCCOC(C)=O)C(=C)OC. The van der Waals surface area contributed by atoms with Crippen LogP contribution in [-0.2, 0) is 14.3 Å². The Kier molecular flexibility index (Phi) is 13.5. The van der Waals surface area contributed by atoms with Gasteiger partial charge in [-0.2, -0.15) is 0 Å². The minimum atomic E-state index is -0.275. The van der Waals surface area contributed by atoms with E-state index in [9.17, 15) is 4.79 Å². The molecule has 0 aliphatic carbocycles. The molecule has 0 radical (unpaired) electrons. The molecule has 0 amide bonds. The van der Waals surface area contributed by atoms with Gasteiger partial charge in [-0.05, 0) is 53.9 Å². The Bertz CT molecular complexity index is 649. The molecule has 3 nitrogen and oxygen atoms in total. The highest BCUT2D eigenvalue weighted by molar-refractivity contribution is 5.65. The lowest BCUT2D eigenvalue weighted by Crippen LogP contribution is -2.02. The fourth-order valence-corrected chi connectivity index (χ4v) is 2.61. The van der Waals surface area contributed by atoms with E-state index in [2.05, 4.69) is 47.1 Å². The highest BCUT2D eigenvalue weighted by Gasteiger charge is 2.08. The Morgan fingerprint density at radius 1 is 1.03 bits per heavy atom. The molecule has 0 aromatic rings. The van der Waals surface area contributed by atoms with Crippen LogP contribution in [0, 0.1) is 11.8 Å². The van der Waals surface area contributed by atoms with Gasteiger partial charge in [-0.1, -0.05) is 77.7 Å². The van der Waals surface area contributed by atoms with Crippen molar-refractivity contribution in [3.63, 3.8) is 0 Å². The summed E-state index contributed by atoms with van der Waals surface area (Å²) in [7, 11) is 1.59. The predicted octanol–water partition coefficient (Wildman–Crippen LogP) is 7.10. The molecule has 2 atom stereocenters. The van der Waals surface area contributed by atoms with Gasteiger partial charge in [0.1, 0.15) is 5.76 Å². The first-order valence-corrected chi connectivity index (χ1v) is 10.4. The summed E-state index contributed by atoms with van der Waals surface area (Å²) >= 11 is 0. The molecule has 3 heteroatoms. The van der Waals surface area contributed by atoms with Gasteiger partial charge in [-0.15, -0.1) is 0 Å². The molecule has 0 N–H and O–H groups in total. The maximum absolute atomic E-state index is 10.9. The van der Waals surface area contributed by atoms with E-state index < -0.39 is 0 Å². The number of hydrogen-bond donors (Lipinski definition) is 0. The van der Waals surface area contributed by atoms with E-state index in [0.717, 1.165) is 34.6 Å². The summed E-state index contributed by atoms with van der Waals surface area (Å²) in [6.07, 6.45) is 10.9. The van der Waals surface area contributed by atoms with Gasteiger partial charge < -0.3 is 9.47 Å². The summed E-state index contributed by atoms with van der Waals surface area (Å²) in [4.78, 5) is 10.9. The van der Waals surface area contributed by atoms with Crippen molar-refractivity contribution in [1.29, 1.82) is 0 Å². The van der Waals surface area contributed by atoms with Crippen molar-refractivity contribution < 1.29 is 14.3 Å². The number of ether oxygens (including phenoxy) is 2. The predicted molar refractivity (Wildman–Crippen MR) is 125 cm³/mol. The smallest absolute Gasteiger partial charge is 0.302 e. The van der Waals surface area contributed by atoms with Crippen molar-refractivity contribution in [2.75, 3.05) is 13.7 Å². The molecular formula is C26H40O3. The first kappa shape index (κ1) is 26.7. The third-order valence-corrected chi connectivity index (χ3v) is 5.18. The third kappa shape index (κ3) is 12.0. The van der Waals surface area contributed by atoms with E-state index in [1.807, 2.05) is 18.2 Å². The lowest BCUT2D eigenvalue weighted by molar-refractivity contribution is -0.141. The molecular weight excluding hydrogens is 360 g/mol. The van der Waals surface area contributed by atoms with E-state index in [0.29, 0.717) is 31.1 Å². The van der Waals surface area contributed by atoms with E-state index in [1.165, 1.54) is 19.8 Å². The maximum Gasteiger partial charge on any atom is 0.302 e. The average Bonchev–Trinajstić information content (AvgIpc) is 2.70. The van der Waals surface area contributed by atoms with Crippen molar-refractivity contribution in [2.45, 2.75) is 59.8 Å². The summed E-state index contributed by atoms with van der Waals surface area (Å²) in [5, 5.41) is 0. The van der Waals surface area contributed by atoms with Gasteiger partial charge in [0.2, 0.25) is 0 Å². The van der Waals surface area contributed by atoms with Crippen LogP contribution in [0.1, 0.15) is 59.8 Å². The lowest BCUT2D eigenvalue weighted by atomic mass is 9.91. The minimum Gasteiger partial charge on any atom is -0.497 e. The minimum absolute atomic E-state index is 0.275. The molecule has 162 valence electrons. The van der Waals surface area contributed by atoms with Crippen LogP contribution in [0.3, 0.4) is 0 Å². The molecule has 0 aromatic carbocycles. The second-order valence-electron chi connectivity index (χ2n) is 7.69. The standard InChI is InChI=1S/C26H40O3/c1-10-19(2)13-14-20(3)21(4)15-16-22(5)23(6)18-26(24(7)28-9)12-11-17-29-25(8)27/h15-16,18-20H,4-7,10-14,17H2,1-3,8-9H3/b16-15-,26-18-. The number of carbonyl (C=O) groups excluding carboxylic acids is 1. The molecule has 0 aliphatic heterocycles. The molecule has 0 bridgehead atoms. The fraction of sp³-hybridized carbons (Fsp3) is 0.500. The largest absolute Gasteiger partial charge is 0.497 e. The van der Waals surface area contributed by atoms with Gasteiger partial charge in [0.05, 0.1) is 13.7 Å². The Balaban J connectivity index is 4.86. The second-order valence-corrected chi connectivity index (χ2v) is 7.69. The van der Waals surface area contributed by atoms with Crippen LogP contribution in [0.2, 0.25) is 0 Å². The first-order chi connectivity index (χ1) is 13.6. The molecule has 0 saturated carbocycles. The summed E-state index contributed by atoms with van der Waals surface area (Å²) < 4.78 is 10.3. The zero-order valence-electron chi connectivity index (χ0n) is 19.2. The van der Waals surface area contributed by atoms with Crippen LogP contribution >= 0.6 is 0 Å². The average molecular weight is 401 g/mol. The Hall–Kier alpha value is -2.29. The first-order valence-electron chi connectivity index (χ1n) is 10.4. The Labute approximate surface area is 178 Å². The van der Waals surface area contributed by atoms with E-state index in [-0.39, 0.29) is 5.97 Å². The number of carbonyl (C=O) groups is 1. The van der Waals surface area contributed by atoms with E-state index >= 15 is 0 Å². The quantitative estimate of drug-likeness (QED) is 0.127. The van der Waals surface area contributed by atoms with Crippen LogP contribution in [0.25, 0.3) is 0 Å². The molecule has 0 saturated heterocycles. The number of hydrogen-bond acceptors (Lipinski definition) is 3. The van der Waals surface area contributed by atoms with Crippen molar-refractivity contribution >= 4 is 5.97 Å². The second kappa shape index (κ2) is 14.7. The highest BCUT2D eigenvalue weighted by Crippen LogP contribution is 2.23. The van der Waals surface area contributed by atoms with Gasteiger partial charge in [0, 0.05) is 6.92 Å². The topological polar surface area (TPSA) is 35.5 Å². The Morgan fingerprint density at radius 2 is 1.69 bits per heavy atom. The van der Waals surface area contributed by atoms with Crippen molar-refractivity contribution in [3.8, 4) is 0 Å². The summed E-state index contributed by atoms with van der Waals surface area (Å²) in [5.41, 5.74) is 3.64. The van der Waals surface area contributed by atoms with Crippen LogP contribution in [-0.4, -0.2) is 19.7 Å². The third-order valence-electron chi connectivity index (χ3n) is 5.18. The molecule has 2 unspecified atom stereocenters. The van der Waals surface area contributed by atoms with Gasteiger partial charge in [0.15, 0.2) is 0 Å². The molecule has 0 fully saturated rings. The van der Waals surface area contributed by atoms with Gasteiger partial charge >= 0.3 is 5.97 Å². The van der Waals surface area contributed by atoms with E-state index in [1.54, 1.807) is 7.11 Å². The highest BCUT2D eigenvalue weighted by atomic mass is 16.5. The summed E-state index contributed by atoms with van der Waals surface area (Å²) in [6, 6.07) is 0. The van der Waals surface area contributed by atoms with Gasteiger partial charge in [0.25, 0.3) is 0 Å². The molecule has 0 heterocycles. The molecule has 0 rings (SSSR count). The van der Waals surface area contributed by atoms with Crippen LogP contribution in [0.15, 0.2) is 72.6 Å². The van der Waals surface area contributed by atoms with Crippen molar-refractivity contribution in [1.82, 2.24) is 0 Å². The van der Waals surface area contributed by atoms with Crippen LogP contribution < -0.4 is 0 Å². The summed E-state index contributed by atoms with van der Waals surface area (Å²) in [6.45, 7) is 24.9. The molecule has 29 heavy (non-hydrogen) atoms. The van der Waals surface area contributed by atoms with Gasteiger partial charge in [-0.3, -0.25) is 4.79 Å². The van der Waals surface area contributed by atoms with Crippen molar-refractivity contribution in [3.05, 3.63) is 72.6 Å². The lowest BCUT2D eigenvalue weighted by Gasteiger charge is -2.15.